The number of halogens is 3. The lowest BCUT2D eigenvalue weighted by molar-refractivity contribution is -0.175. The predicted octanol–water partition coefficient (Wildman–Crippen LogP) is 1.50. The number of alkyl halides is 3. The van der Waals surface area contributed by atoms with Gasteiger partial charge in [0.1, 0.15) is 19.0 Å². The highest BCUT2D eigenvalue weighted by molar-refractivity contribution is 5.77. The second kappa shape index (κ2) is 8.29. The standard InChI is InChI=1S/C15H20F3N3O3/c1-11-8-21(4-5-24-11)13-3-2-12(6-19-13)7-20-14(22)9-23-10-15(16,17)18/h2-3,6,11H,4-5,7-10H2,1H3,(H,20,22)/t11-/m1/s1. The summed E-state index contributed by atoms with van der Waals surface area (Å²) in [6.07, 6.45) is -2.65. The third-order valence-electron chi connectivity index (χ3n) is 3.36. The minimum atomic E-state index is -4.43. The molecule has 0 bridgehead atoms. The maximum absolute atomic E-state index is 11.9. The summed E-state index contributed by atoms with van der Waals surface area (Å²) in [5.74, 6) is 0.221. The van der Waals surface area contributed by atoms with Crippen molar-refractivity contribution in [1.82, 2.24) is 10.3 Å². The molecule has 1 aliphatic rings. The van der Waals surface area contributed by atoms with E-state index in [1.54, 1.807) is 6.20 Å². The van der Waals surface area contributed by atoms with Gasteiger partial charge in [-0.15, -0.1) is 0 Å². The highest BCUT2D eigenvalue weighted by atomic mass is 19.4. The number of amides is 1. The van der Waals surface area contributed by atoms with Crippen LogP contribution in [0.1, 0.15) is 12.5 Å². The molecule has 1 saturated heterocycles. The van der Waals surface area contributed by atoms with Crippen LogP contribution in [0.2, 0.25) is 0 Å². The number of rotatable bonds is 6. The number of hydrogen-bond donors (Lipinski definition) is 1. The van der Waals surface area contributed by atoms with Crippen LogP contribution < -0.4 is 10.2 Å². The van der Waals surface area contributed by atoms with Crippen molar-refractivity contribution in [2.45, 2.75) is 25.7 Å². The first-order valence-corrected chi connectivity index (χ1v) is 7.56. The molecule has 0 aliphatic carbocycles. The molecule has 2 heterocycles. The first kappa shape index (κ1) is 18.5. The van der Waals surface area contributed by atoms with Gasteiger partial charge in [-0.05, 0) is 18.6 Å². The molecule has 24 heavy (non-hydrogen) atoms. The van der Waals surface area contributed by atoms with Crippen molar-refractivity contribution in [3.05, 3.63) is 23.9 Å². The van der Waals surface area contributed by atoms with Gasteiger partial charge in [-0.2, -0.15) is 13.2 Å². The molecule has 1 aromatic heterocycles. The zero-order valence-corrected chi connectivity index (χ0v) is 13.3. The lowest BCUT2D eigenvalue weighted by Gasteiger charge is -2.32. The Morgan fingerprint density at radius 3 is 2.92 bits per heavy atom. The van der Waals surface area contributed by atoms with Crippen LogP contribution in [0, 0.1) is 0 Å². The number of anilines is 1. The lowest BCUT2D eigenvalue weighted by Crippen LogP contribution is -2.41. The predicted molar refractivity (Wildman–Crippen MR) is 80.6 cm³/mol. The molecule has 0 radical (unpaired) electrons. The monoisotopic (exact) mass is 347 g/mol. The lowest BCUT2D eigenvalue weighted by atomic mass is 10.2. The fourth-order valence-corrected chi connectivity index (χ4v) is 2.25. The number of carbonyl (C=O) groups is 1. The number of nitrogens with zero attached hydrogens (tertiary/aromatic N) is 2. The van der Waals surface area contributed by atoms with Gasteiger partial charge in [-0.3, -0.25) is 4.79 Å². The summed E-state index contributed by atoms with van der Waals surface area (Å²) in [5.41, 5.74) is 0.754. The molecule has 0 saturated carbocycles. The summed E-state index contributed by atoms with van der Waals surface area (Å²) >= 11 is 0. The Balaban J connectivity index is 1.74. The van der Waals surface area contributed by atoms with Gasteiger partial charge >= 0.3 is 6.18 Å². The van der Waals surface area contributed by atoms with Crippen molar-refractivity contribution < 1.29 is 27.4 Å². The number of pyridine rings is 1. The topological polar surface area (TPSA) is 63.7 Å². The Labute approximate surface area is 137 Å². The van der Waals surface area contributed by atoms with Gasteiger partial charge in [0.25, 0.3) is 0 Å². The molecule has 2 rings (SSSR count). The summed E-state index contributed by atoms with van der Waals surface area (Å²) in [5, 5.41) is 2.49. The quantitative estimate of drug-likeness (QED) is 0.845. The van der Waals surface area contributed by atoms with E-state index in [0.717, 1.165) is 24.5 Å². The van der Waals surface area contributed by atoms with Crippen LogP contribution in [-0.2, 0) is 20.8 Å². The molecule has 0 aromatic carbocycles. The largest absolute Gasteiger partial charge is 0.411 e. The van der Waals surface area contributed by atoms with Crippen molar-refractivity contribution in [2.24, 2.45) is 0 Å². The fourth-order valence-electron chi connectivity index (χ4n) is 2.25. The van der Waals surface area contributed by atoms with Gasteiger partial charge in [0.2, 0.25) is 5.91 Å². The van der Waals surface area contributed by atoms with Crippen LogP contribution in [0.5, 0.6) is 0 Å². The number of carbonyl (C=O) groups excluding carboxylic acids is 1. The van der Waals surface area contributed by atoms with Gasteiger partial charge < -0.3 is 19.7 Å². The second-order valence-corrected chi connectivity index (χ2v) is 5.54. The molecule has 1 N–H and O–H groups in total. The maximum atomic E-state index is 11.9. The Kier molecular flexibility index (Phi) is 6.38. The van der Waals surface area contributed by atoms with Crippen LogP contribution in [0.4, 0.5) is 19.0 Å². The van der Waals surface area contributed by atoms with Crippen LogP contribution in [0.25, 0.3) is 0 Å². The fraction of sp³-hybridized carbons (Fsp3) is 0.600. The van der Waals surface area contributed by atoms with E-state index in [-0.39, 0.29) is 12.6 Å². The summed E-state index contributed by atoms with van der Waals surface area (Å²) < 4.78 is 45.4. The van der Waals surface area contributed by atoms with E-state index in [0.29, 0.717) is 6.61 Å². The van der Waals surface area contributed by atoms with E-state index < -0.39 is 25.3 Å². The number of morpholine rings is 1. The third kappa shape index (κ3) is 6.32. The normalized spacial score (nSPS) is 18.5. The highest BCUT2D eigenvalue weighted by Crippen LogP contribution is 2.16. The van der Waals surface area contributed by atoms with Crippen LogP contribution >= 0.6 is 0 Å². The molecule has 134 valence electrons. The van der Waals surface area contributed by atoms with Crippen LogP contribution in [0.15, 0.2) is 18.3 Å². The molecule has 1 aliphatic heterocycles. The second-order valence-electron chi connectivity index (χ2n) is 5.54. The van der Waals surface area contributed by atoms with Crippen LogP contribution in [-0.4, -0.2) is 56.1 Å². The summed E-state index contributed by atoms with van der Waals surface area (Å²) in [6.45, 7) is 2.30. The van der Waals surface area contributed by atoms with Gasteiger partial charge in [-0.25, -0.2) is 4.98 Å². The molecule has 9 heteroatoms. The Morgan fingerprint density at radius 2 is 2.29 bits per heavy atom. The van der Waals surface area contributed by atoms with Gasteiger partial charge in [-0.1, -0.05) is 6.07 Å². The number of nitrogens with one attached hydrogen (secondary N) is 1. The average molecular weight is 347 g/mol. The van der Waals surface area contributed by atoms with Crippen molar-refractivity contribution in [3.63, 3.8) is 0 Å². The Bertz CT molecular complexity index is 537. The molecule has 1 fully saturated rings. The first-order valence-electron chi connectivity index (χ1n) is 7.56. The Hall–Kier alpha value is -1.87. The SMILES string of the molecule is C[C@@H]1CN(c2ccc(CNC(=O)COCC(F)(F)F)cn2)CCO1. The summed E-state index contributed by atoms with van der Waals surface area (Å²) in [4.78, 5) is 17.9. The molecular weight excluding hydrogens is 327 g/mol. The smallest absolute Gasteiger partial charge is 0.375 e. The number of aromatic nitrogens is 1. The minimum absolute atomic E-state index is 0.149. The molecule has 6 nitrogen and oxygen atoms in total. The molecular formula is C15H20F3N3O3. The van der Waals surface area contributed by atoms with Gasteiger partial charge in [0.15, 0.2) is 0 Å². The average Bonchev–Trinajstić information content (AvgIpc) is 2.52. The van der Waals surface area contributed by atoms with E-state index in [9.17, 15) is 18.0 Å². The molecule has 1 atom stereocenters. The van der Waals surface area contributed by atoms with E-state index in [1.807, 2.05) is 19.1 Å². The van der Waals surface area contributed by atoms with Crippen molar-refractivity contribution >= 4 is 11.7 Å². The minimum Gasteiger partial charge on any atom is -0.375 e. The van der Waals surface area contributed by atoms with E-state index in [2.05, 4.69) is 19.9 Å². The van der Waals surface area contributed by atoms with Gasteiger partial charge in [0, 0.05) is 25.8 Å². The van der Waals surface area contributed by atoms with Crippen molar-refractivity contribution in [1.29, 1.82) is 0 Å². The molecule has 1 amide bonds. The van der Waals surface area contributed by atoms with E-state index in [4.69, 9.17) is 4.74 Å². The first-order chi connectivity index (χ1) is 11.3. The zero-order chi connectivity index (χ0) is 17.6. The van der Waals surface area contributed by atoms with E-state index in [1.165, 1.54) is 0 Å². The summed E-state index contributed by atoms with van der Waals surface area (Å²) in [7, 11) is 0. The van der Waals surface area contributed by atoms with Crippen LogP contribution in [0.3, 0.4) is 0 Å². The maximum Gasteiger partial charge on any atom is 0.411 e. The Morgan fingerprint density at radius 1 is 1.50 bits per heavy atom. The zero-order valence-electron chi connectivity index (χ0n) is 13.3. The molecule has 1 aromatic rings. The van der Waals surface area contributed by atoms with Crippen molar-refractivity contribution in [3.8, 4) is 0 Å². The summed E-state index contributed by atoms with van der Waals surface area (Å²) in [6, 6.07) is 3.67. The number of ether oxygens (including phenoxy) is 2. The number of hydrogen-bond acceptors (Lipinski definition) is 5. The van der Waals surface area contributed by atoms with Crippen molar-refractivity contribution in [2.75, 3.05) is 37.8 Å². The molecule has 0 spiro atoms. The highest BCUT2D eigenvalue weighted by Gasteiger charge is 2.27. The molecule has 0 unspecified atom stereocenters. The van der Waals surface area contributed by atoms with E-state index >= 15 is 0 Å². The third-order valence-corrected chi connectivity index (χ3v) is 3.36. The van der Waals surface area contributed by atoms with Gasteiger partial charge in [0.05, 0.1) is 12.7 Å².